The van der Waals surface area contributed by atoms with Crippen LogP contribution in [0.15, 0.2) is 24.3 Å². The molecule has 1 aromatic rings. The lowest BCUT2D eigenvalue weighted by Crippen LogP contribution is -2.46. The lowest BCUT2D eigenvalue weighted by Gasteiger charge is -2.35. The zero-order valence-electron chi connectivity index (χ0n) is 9.64. The van der Waals surface area contributed by atoms with Crippen LogP contribution in [-0.2, 0) is 4.79 Å². The number of rotatable bonds is 3. The van der Waals surface area contributed by atoms with Gasteiger partial charge in [-0.25, -0.2) is 0 Å². The molecule has 0 aromatic heterocycles. The Bertz CT molecular complexity index is 378. The minimum atomic E-state index is -0.246. The molecule has 1 aromatic carbocycles. The molecule has 0 aliphatic carbocycles. The summed E-state index contributed by atoms with van der Waals surface area (Å²) in [7, 11) is 0. The molecule has 3 atom stereocenters. The highest BCUT2D eigenvalue weighted by atomic mass is 16.5. The number of para-hydroxylation sites is 2. The van der Waals surface area contributed by atoms with Crippen LogP contribution in [0.5, 0.6) is 5.75 Å². The average Bonchev–Trinajstić information content (AvgIpc) is 2.36. The van der Waals surface area contributed by atoms with E-state index in [1.807, 2.05) is 24.3 Å². The number of fused-ring (bicyclic) bond motifs is 1. The summed E-state index contributed by atoms with van der Waals surface area (Å²) in [5.41, 5.74) is 0.902. The molecule has 1 N–H and O–H groups in total. The molecule has 1 aliphatic rings. The summed E-state index contributed by atoms with van der Waals surface area (Å²) in [4.78, 5) is 11.1. The van der Waals surface area contributed by atoms with Gasteiger partial charge in [0.1, 0.15) is 24.2 Å². The Hall–Kier alpha value is -1.51. The largest absolute Gasteiger partial charge is 0.485 e. The zero-order valence-corrected chi connectivity index (χ0v) is 9.64. The van der Waals surface area contributed by atoms with E-state index in [1.54, 1.807) is 0 Å². The molecule has 0 saturated heterocycles. The van der Waals surface area contributed by atoms with Gasteiger partial charge in [-0.3, -0.25) is 0 Å². The number of hydrogen-bond acceptors (Lipinski definition) is 3. The van der Waals surface area contributed by atoms with Gasteiger partial charge in [-0.1, -0.05) is 26.0 Å². The maximum atomic E-state index is 11.1. The Labute approximate surface area is 95.8 Å². The van der Waals surface area contributed by atoms with Gasteiger partial charge in [0, 0.05) is 0 Å². The van der Waals surface area contributed by atoms with Gasteiger partial charge in [0.25, 0.3) is 0 Å². The summed E-state index contributed by atoms with van der Waals surface area (Å²) < 4.78 is 5.89. The number of aldehydes is 1. The van der Waals surface area contributed by atoms with Gasteiger partial charge < -0.3 is 14.8 Å². The van der Waals surface area contributed by atoms with E-state index < -0.39 is 0 Å². The first-order valence-corrected chi connectivity index (χ1v) is 5.73. The first kappa shape index (κ1) is 11.0. The third-order valence-corrected chi connectivity index (χ3v) is 3.18. The second-order valence-corrected chi connectivity index (χ2v) is 4.27. The van der Waals surface area contributed by atoms with Crippen LogP contribution in [0.1, 0.15) is 20.3 Å². The first-order valence-electron chi connectivity index (χ1n) is 5.73. The summed E-state index contributed by atoms with van der Waals surface area (Å²) in [5.74, 6) is 1.20. The molecule has 3 unspecified atom stereocenters. The first-order chi connectivity index (χ1) is 7.76. The molecule has 86 valence electrons. The molecular formula is C13H17NO2. The van der Waals surface area contributed by atoms with Gasteiger partial charge in [0.05, 0.1) is 5.69 Å². The van der Waals surface area contributed by atoms with Gasteiger partial charge in [-0.15, -0.1) is 0 Å². The molecule has 3 nitrogen and oxygen atoms in total. The molecule has 0 saturated carbocycles. The van der Waals surface area contributed by atoms with Crippen LogP contribution in [0, 0.1) is 5.92 Å². The van der Waals surface area contributed by atoms with Crippen LogP contribution in [0.2, 0.25) is 0 Å². The predicted octanol–water partition coefficient (Wildman–Crippen LogP) is 2.47. The van der Waals surface area contributed by atoms with Crippen molar-refractivity contribution in [1.82, 2.24) is 0 Å². The van der Waals surface area contributed by atoms with Crippen LogP contribution < -0.4 is 10.1 Å². The van der Waals surface area contributed by atoms with Crippen LogP contribution in [0.3, 0.4) is 0 Å². The quantitative estimate of drug-likeness (QED) is 0.794. The van der Waals surface area contributed by atoms with E-state index in [0.717, 1.165) is 24.1 Å². The Morgan fingerprint density at radius 1 is 1.50 bits per heavy atom. The molecule has 0 fully saturated rings. The highest BCUT2D eigenvalue weighted by Gasteiger charge is 2.32. The lowest BCUT2D eigenvalue weighted by atomic mass is 9.94. The van der Waals surface area contributed by atoms with E-state index in [2.05, 4.69) is 19.2 Å². The zero-order chi connectivity index (χ0) is 11.5. The van der Waals surface area contributed by atoms with Crippen molar-refractivity contribution < 1.29 is 9.53 Å². The van der Waals surface area contributed by atoms with Gasteiger partial charge in [-0.2, -0.15) is 0 Å². The minimum Gasteiger partial charge on any atom is -0.485 e. The Morgan fingerprint density at radius 2 is 2.25 bits per heavy atom. The van der Waals surface area contributed by atoms with E-state index in [1.165, 1.54) is 0 Å². The van der Waals surface area contributed by atoms with E-state index in [9.17, 15) is 4.79 Å². The van der Waals surface area contributed by atoms with E-state index in [0.29, 0.717) is 5.92 Å². The van der Waals surface area contributed by atoms with Crippen molar-refractivity contribution >= 4 is 12.0 Å². The number of carbonyl (C=O) groups is 1. The molecule has 0 amide bonds. The molecule has 1 aliphatic heterocycles. The van der Waals surface area contributed by atoms with Crippen LogP contribution in [0.25, 0.3) is 0 Å². The lowest BCUT2D eigenvalue weighted by molar-refractivity contribution is -0.110. The van der Waals surface area contributed by atoms with Crippen molar-refractivity contribution in [3.8, 4) is 5.75 Å². The topological polar surface area (TPSA) is 38.3 Å². The minimum absolute atomic E-state index is 0.0719. The standard InChI is InChI=1S/C13H17NO2/c1-3-9(2)13-11(8-15)14-10-6-4-5-7-12(10)16-13/h4-9,11,13-14H,3H2,1-2H3. The van der Waals surface area contributed by atoms with Gasteiger partial charge in [0.15, 0.2) is 0 Å². The Morgan fingerprint density at radius 3 is 2.94 bits per heavy atom. The van der Waals surface area contributed by atoms with Crippen molar-refractivity contribution in [3.05, 3.63) is 24.3 Å². The van der Waals surface area contributed by atoms with Crippen molar-refractivity contribution in [2.45, 2.75) is 32.4 Å². The third kappa shape index (κ3) is 1.90. The smallest absolute Gasteiger partial charge is 0.146 e. The van der Waals surface area contributed by atoms with E-state index in [4.69, 9.17) is 4.74 Å². The van der Waals surface area contributed by atoms with Gasteiger partial charge in [-0.05, 0) is 24.5 Å². The molecule has 0 radical (unpaired) electrons. The normalized spacial score (nSPS) is 24.9. The number of anilines is 1. The van der Waals surface area contributed by atoms with Crippen molar-refractivity contribution in [2.24, 2.45) is 5.92 Å². The summed E-state index contributed by atoms with van der Waals surface area (Å²) in [6.07, 6.45) is 1.86. The molecule has 2 rings (SSSR count). The monoisotopic (exact) mass is 219 g/mol. The second-order valence-electron chi connectivity index (χ2n) is 4.27. The van der Waals surface area contributed by atoms with Crippen LogP contribution in [0.4, 0.5) is 5.69 Å². The van der Waals surface area contributed by atoms with E-state index in [-0.39, 0.29) is 12.1 Å². The fraction of sp³-hybridized carbons (Fsp3) is 0.462. The number of carbonyl (C=O) groups excluding carboxylic acids is 1. The average molecular weight is 219 g/mol. The predicted molar refractivity (Wildman–Crippen MR) is 63.8 cm³/mol. The van der Waals surface area contributed by atoms with Crippen LogP contribution in [-0.4, -0.2) is 18.4 Å². The van der Waals surface area contributed by atoms with Gasteiger partial charge >= 0.3 is 0 Å². The highest BCUT2D eigenvalue weighted by molar-refractivity contribution is 5.70. The maximum absolute atomic E-state index is 11.1. The van der Waals surface area contributed by atoms with Crippen molar-refractivity contribution in [3.63, 3.8) is 0 Å². The Balaban J connectivity index is 2.27. The van der Waals surface area contributed by atoms with E-state index >= 15 is 0 Å². The number of hydrogen-bond donors (Lipinski definition) is 1. The summed E-state index contributed by atoms with van der Waals surface area (Å²) in [6.45, 7) is 4.22. The highest BCUT2D eigenvalue weighted by Crippen LogP contribution is 2.33. The fourth-order valence-electron chi connectivity index (χ4n) is 1.98. The number of benzene rings is 1. The number of ether oxygens (including phenoxy) is 1. The molecule has 1 heterocycles. The summed E-state index contributed by atoms with van der Waals surface area (Å²) >= 11 is 0. The van der Waals surface area contributed by atoms with Crippen LogP contribution >= 0.6 is 0 Å². The SMILES string of the molecule is CCC(C)C1Oc2ccccc2NC1C=O. The third-order valence-electron chi connectivity index (χ3n) is 3.18. The molecule has 16 heavy (non-hydrogen) atoms. The fourth-order valence-corrected chi connectivity index (χ4v) is 1.98. The number of nitrogens with one attached hydrogen (secondary N) is 1. The molecular weight excluding hydrogens is 202 g/mol. The van der Waals surface area contributed by atoms with Crippen molar-refractivity contribution in [2.75, 3.05) is 5.32 Å². The van der Waals surface area contributed by atoms with Crippen molar-refractivity contribution in [1.29, 1.82) is 0 Å². The summed E-state index contributed by atoms with van der Waals surface area (Å²) in [5, 5.41) is 3.22. The Kier molecular flexibility index (Phi) is 3.13. The molecule has 0 bridgehead atoms. The summed E-state index contributed by atoms with van der Waals surface area (Å²) in [6, 6.07) is 7.48. The molecule has 0 spiro atoms. The maximum Gasteiger partial charge on any atom is 0.146 e. The van der Waals surface area contributed by atoms with Gasteiger partial charge in [0.2, 0.25) is 0 Å². The molecule has 3 heteroatoms. The second kappa shape index (κ2) is 4.56.